The minimum atomic E-state index is -0.500. The summed E-state index contributed by atoms with van der Waals surface area (Å²) < 4.78 is 0. The molecule has 160 valence electrons. The quantitative estimate of drug-likeness (QED) is 0.286. The Balaban J connectivity index is 1.58. The molecule has 0 spiro atoms. The smallest absolute Gasteiger partial charge is 0.270 e. The van der Waals surface area contributed by atoms with E-state index in [2.05, 4.69) is 5.32 Å². The summed E-state index contributed by atoms with van der Waals surface area (Å²) in [6.45, 7) is 3.96. The number of nitrogens with one attached hydrogen (secondary N) is 1. The van der Waals surface area contributed by atoms with Crippen LogP contribution in [0.4, 0.5) is 5.69 Å². The Kier molecular flexibility index (Phi) is 6.46. The van der Waals surface area contributed by atoms with Crippen LogP contribution in [0.3, 0.4) is 0 Å². The molecule has 4 nitrogen and oxygen atoms in total. The average Bonchev–Trinajstić information content (AvgIpc) is 2.76. The first-order valence-corrected chi connectivity index (χ1v) is 11.4. The van der Waals surface area contributed by atoms with Crippen molar-refractivity contribution in [3.8, 4) is 0 Å². The molecule has 1 aliphatic rings. The number of hydrogen-bond acceptors (Lipinski definition) is 4. The molecule has 1 fully saturated rings. The van der Waals surface area contributed by atoms with Crippen LogP contribution in [-0.4, -0.2) is 16.9 Å². The summed E-state index contributed by atoms with van der Waals surface area (Å²) in [5.74, 6) is -0.943. The molecular weight excluding hydrogens is 460 g/mol. The van der Waals surface area contributed by atoms with Crippen LogP contribution in [-0.2, 0) is 9.59 Å². The van der Waals surface area contributed by atoms with Crippen LogP contribution < -0.4 is 10.2 Å². The lowest BCUT2D eigenvalue weighted by Gasteiger charge is -2.29. The fourth-order valence-corrected chi connectivity index (χ4v) is 4.42. The van der Waals surface area contributed by atoms with Crippen LogP contribution in [0.2, 0.25) is 5.02 Å². The van der Waals surface area contributed by atoms with E-state index < -0.39 is 11.8 Å². The highest BCUT2D eigenvalue weighted by atomic mass is 35.5. The predicted octanol–water partition coefficient (Wildman–Crippen LogP) is 5.94. The van der Waals surface area contributed by atoms with Gasteiger partial charge < -0.3 is 0 Å². The topological polar surface area (TPSA) is 49.4 Å². The Bertz CT molecular complexity index is 1250. The molecule has 0 saturated carbocycles. The lowest BCUT2D eigenvalue weighted by atomic mass is 10.1. The Morgan fingerprint density at radius 3 is 2.16 bits per heavy atom. The van der Waals surface area contributed by atoms with Crippen LogP contribution in [0.1, 0.15) is 16.7 Å². The number of benzene rings is 3. The first kappa shape index (κ1) is 22.3. The largest absolute Gasteiger partial charge is 0.298 e. The summed E-state index contributed by atoms with van der Waals surface area (Å²) in [7, 11) is 0. The number of anilines is 1. The van der Waals surface area contributed by atoms with Crippen molar-refractivity contribution < 1.29 is 9.59 Å². The van der Waals surface area contributed by atoms with Crippen molar-refractivity contribution in [2.75, 3.05) is 4.90 Å². The lowest BCUT2D eigenvalue weighted by molar-refractivity contribution is -0.122. The van der Waals surface area contributed by atoms with E-state index in [4.69, 9.17) is 23.8 Å². The van der Waals surface area contributed by atoms with Gasteiger partial charge in [0.05, 0.1) is 5.69 Å². The number of carbonyl (C=O) groups excluding carboxylic acids is 2. The number of thiocarbonyl (C=S) groups is 1. The minimum absolute atomic E-state index is 0.0370. The number of halogens is 1. The lowest BCUT2D eigenvalue weighted by Crippen LogP contribution is -2.54. The predicted molar refractivity (Wildman–Crippen MR) is 134 cm³/mol. The maximum Gasteiger partial charge on any atom is 0.270 e. The molecule has 1 heterocycles. The average molecular weight is 479 g/mol. The van der Waals surface area contributed by atoms with Crippen LogP contribution >= 0.6 is 35.6 Å². The first-order valence-electron chi connectivity index (χ1n) is 9.84. The Hall–Kier alpha value is -2.93. The molecule has 1 N–H and O–H groups in total. The van der Waals surface area contributed by atoms with E-state index >= 15 is 0 Å². The maximum atomic E-state index is 13.2. The van der Waals surface area contributed by atoms with E-state index in [0.717, 1.165) is 26.5 Å². The third-order valence-corrected chi connectivity index (χ3v) is 6.64. The molecule has 0 unspecified atom stereocenters. The summed E-state index contributed by atoms with van der Waals surface area (Å²) in [6.07, 6.45) is 1.59. The van der Waals surface area contributed by atoms with Gasteiger partial charge in [0.15, 0.2) is 5.11 Å². The number of amides is 2. The van der Waals surface area contributed by atoms with Gasteiger partial charge in [-0.15, -0.1) is 0 Å². The Morgan fingerprint density at radius 1 is 0.906 bits per heavy atom. The Morgan fingerprint density at radius 2 is 1.53 bits per heavy atom. The van der Waals surface area contributed by atoms with Crippen molar-refractivity contribution in [1.29, 1.82) is 0 Å². The summed E-state index contributed by atoms with van der Waals surface area (Å²) >= 11 is 12.8. The van der Waals surface area contributed by atoms with E-state index in [1.807, 2.05) is 80.6 Å². The first-order chi connectivity index (χ1) is 15.3. The van der Waals surface area contributed by atoms with Gasteiger partial charge in [-0.2, -0.15) is 0 Å². The van der Waals surface area contributed by atoms with Gasteiger partial charge in [0.1, 0.15) is 5.57 Å². The molecule has 0 bridgehead atoms. The van der Waals surface area contributed by atoms with E-state index in [1.165, 1.54) is 4.90 Å². The summed E-state index contributed by atoms with van der Waals surface area (Å²) in [6, 6.07) is 20.9. The maximum absolute atomic E-state index is 13.2. The molecule has 0 aliphatic carbocycles. The highest BCUT2D eigenvalue weighted by molar-refractivity contribution is 7.99. The molecular formula is C25H19ClN2O2S2. The van der Waals surface area contributed by atoms with E-state index in [1.54, 1.807) is 17.8 Å². The van der Waals surface area contributed by atoms with Crippen molar-refractivity contribution in [2.45, 2.75) is 23.6 Å². The molecule has 1 saturated heterocycles. The van der Waals surface area contributed by atoms with Crippen LogP contribution in [0, 0.1) is 13.8 Å². The number of rotatable bonds is 4. The number of aryl methyl sites for hydroxylation is 2. The van der Waals surface area contributed by atoms with Crippen molar-refractivity contribution >= 4 is 64.3 Å². The molecule has 7 heteroatoms. The molecule has 0 aromatic heterocycles. The SMILES string of the molecule is Cc1ccc(N2C(=O)/C(=C/c3ccc(Sc4ccc(Cl)cc4)cc3)C(=O)NC2=S)cc1C. The Labute approximate surface area is 201 Å². The summed E-state index contributed by atoms with van der Waals surface area (Å²) in [4.78, 5) is 29.2. The third kappa shape index (κ3) is 4.78. The zero-order valence-electron chi connectivity index (χ0n) is 17.4. The summed E-state index contributed by atoms with van der Waals surface area (Å²) in [5.41, 5.74) is 3.56. The monoisotopic (exact) mass is 478 g/mol. The zero-order valence-corrected chi connectivity index (χ0v) is 19.8. The third-order valence-electron chi connectivity index (χ3n) is 5.09. The van der Waals surface area contributed by atoms with Gasteiger partial charge in [0.2, 0.25) is 0 Å². The number of carbonyl (C=O) groups is 2. The second-order valence-electron chi connectivity index (χ2n) is 7.35. The minimum Gasteiger partial charge on any atom is -0.298 e. The molecule has 3 aromatic rings. The standard InChI is InChI=1S/C25H19ClN2O2S2/c1-15-3-8-19(13-16(15)2)28-24(30)22(23(29)27-25(28)31)14-17-4-9-20(10-5-17)32-21-11-6-18(26)7-12-21/h3-14H,1-2H3,(H,27,29,31)/b22-14+. The van der Waals surface area contributed by atoms with Crippen molar-refractivity contribution in [3.63, 3.8) is 0 Å². The van der Waals surface area contributed by atoms with Crippen molar-refractivity contribution in [2.24, 2.45) is 0 Å². The van der Waals surface area contributed by atoms with Gasteiger partial charge in [0.25, 0.3) is 11.8 Å². The van der Waals surface area contributed by atoms with Gasteiger partial charge in [-0.3, -0.25) is 19.8 Å². The number of nitrogens with zero attached hydrogens (tertiary/aromatic N) is 1. The fourth-order valence-electron chi connectivity index (χ4n) is 3.19. The zero-order chi connectivity index (χ0) is 22.8. The normalized spacial score (nSPS) is 15.3. The molecule has 1 aliphatic heterocycles. The van der Waals surface area contributed by atoms with Crippen LogP contribution in [0.15, 0.2) is 82.1 Å². The van der Waals surface area contributed by atoms with Gasteiger partial charge in [-0.05, 0) is 97.4 Å². The molecule has 2 amide bonds. The second kappa shape index (κ2) is 9.28. The highest BCUT2D eigenvalue weighted by Crippen LogP contribution is 2.29. The van der Waals surface area contributed by atoms with E-state index in [0.29, 0.717) is 10.7 Å². The molecule has 4 rings (SSSR count). The van der Waals surface area contributed by atoms with Crippen LogP contribution in [0.25, 0.3) is 6.08 Å². The van der Waals surface area contributed by atoms with Gasteiger partial charge in [0, 0.05) is 14.8 Å². The van der Waals surface area contributed by atoms with E-state index in [-0.39, 0.29) is 10.7 Å². The summed E-state index contributed by atoms with van der Waals surface area (Å²) in [5, 5.41) is 3.40. The van der Waals surface area contributed by atoms with Crippen molar-refractivity contribution in [3.05, 3.63) is 94.0 Å². The van der Waals surface area contributed by atoms with Crippen LogP contribution in [0.5, 0.6) is 0 Å². The van der Waals surface area contributed by atoms with E-state index in [9.17, 15) is 9.59 Å². The fraction of sp³-hybridized carbons (Fsp3) is 0.0800. The van der Waals surface area contributed by atoms with Gasteiger partial charge >= 0.3 is 0 Å². The molecule has 3 aromatic carbocycles. The molecule has 0 radical (unpaired) electrons. The van der Waals surface area contributed by atoms with Gasteiger partial charge in [-0.25, -0.2) is 0 Å². The molecule has 32 heavy (non-hydrogen) atoms. The second-order valence-corrected chi connectivity index (χ2v) is 9.32. The molecule has 0 atom stereocenters. The number of hydrogen-bond donors (Lipinski definition) is 1. The van der Waals surface area contributed by atoms with Gasteiger partial charge in [-0.1, -0.05) is 41.6 Å². The highest BCUT2D eigenvalue weighted by Gasteiger charge is 2.34. The van der Waals surface area contributed by atoms with Crippen molar-refractivity contribution in [1.82, 2.24) is 5.32 Å².